The van der Waals surface area contributed by atoms with Gasteiger partial charge in [0, 0.05) is 17.5 Å². The van der Waals surface area contributed by atoms with E-state index in [-0.39, 0.29) is 6.10 Å². The number of hydrogen-bond acceptors (Lipinski definition) is 3. The van der Waals surface area contributed by atoms with Gasteiger partial charge < -0.3 is 5.11 Å². The number of aromatic nitrogens is 1. The highest BCUT2D eigenvalue weighted by Crippen LogP contribution is 2.26. The standard InChI is InChI=1S/C13H21NOS/c15-13(8-12-9-14-10-16-12)11-6-4-2-1-3-5-7-11/h9-11,13,15H,1-8H2. The maximum Gasteiger partial charge on any atom is 0.0794 e. The number of hydrogen-bond donors (Lipinski definition) is 1. The molecule has 1 fully saturated rings. The second kappa shape index (κ2) is 6.36. The Morgan fingerprint density at radius 3 is 2.56 bits per heavy atom. The summed E-state index contributed by atoms with van der Waals surface area (Å²) in [6.45, 7) is 0. The average Bonchev–Trinajstić information content (AvgIpc) is 2.69. The minimum Gasteiger partial charge on any atom is -0.392 e. The molecule has 1 N–H and O–H groups in total. The molecular weight excluding hydrogens is 218 g/mol. The largest absolute Gasteiger partial charge is 0.392 e. The van der Waals surface area contributed by atoms with Gasteiger partial charge in [-0.05, 0) is 18.8 Å². The number of thiazole rings is 1. The second-order valence-electron chi connectivity index (χ2n) is 4.84. The second-order valence-corrected chi connectivity index (χ2v) is 5.82. The van der Waals surface area contributed by atoms with Crippen LogP contribution in [0.3, 0.4) is 0 Å². The van der Waals surface area contributed by atoms with E-state index in [1.54, 1.807) is 11.3 Å². The summed E-state index contributed by atoms with van der Waals surface area (Å²) in [4.78, 5) is 5.28. The summed E-state index contributed by atoms with van der Waals surface area (Å²) in [5.74, 6) is 0.516. The predicted molar refractivity (Wildman–Crippen MR) is 67.6 cm³/mol. The molecule has 0 aliphatic heterocycles. The van der Waals surface area contributed by atoms with Crippen LogP contribution in [-0.4, -0.2) is 16.2 Å². The predicted octanol–water partition coefficient (Wildman–Crippen LogP) is 3.41. The number of rotatable bonds is 3. The van der Waals surface area contributed by atoms with E-state index in [0.29, 0.717) is 5.92 Å². The fraction of sp³-hybridized carbons (Fsp3) is 0.769. The fourth-order valence-corrected chi connectivity index (χ4v) is 3.23. The van der Waals surface area contributed by atoms with Gasteiger partial charge in [-0.15, -0.1) is 11.3 Å². The van der Waals surface area contributed by atoms with Crippen molar-refractivity contribution in [2.24, 2.45) is 5.92 Å². The lowest BCUT2D eigenvalue weighted by Crippen LogP contribution is -2.23. The maximum atomic E-state index is 10.2. The molecule has 1 aromatic rings. The fourth-order valence-electron chi connectivity index (χ4n) is 2.59. The smallest absolute Gasteiger partial charge is 0.0794 e. The molecule has 0 spiro atoms. The molecule has 0 amide bonds. The van der Waals surface area contributed by atoms with E-state index in [1.807, 2.05) is 11.7 Å². The van der Waals surface area contributed by atoms with Crippen LogP contribution < -0.4 is 0 Å². The molecule has 0 bridgehead atoms. The molecule has 1 aliphatic rings. The van der Waals surface area contributed by atoms with Crippen molar-refractivity contribution in [3.05, 3.63) is 16.6 Å². The van der Waals surface area contributed by atoms with Crippen molar-refractivity contribution in [2.45, 2.75) is 57.5 Å². The van der Waals surface area contributed by atoms with Crippen LogP contribution in [0.2, 0.25) is 0 Å². The van der Waals surface area contributed by atoms with Gasteiger partial charge in [0.2, 0.25) is 0 Å². The van der Waals surface area contributed by atoms with Crippen molar-refractivity contribution in [3.8, 4) is 0 Å². The Labute approximate surface area is 102 Å². The molecule has 0 saturated heterocycles. The van der Waals surface area contributed by atoms with E-state index in [1.165, 1.54) is 49.8 Å². The summed E-state index contributed by atoms with van der Waals surface area (Å²) in [5, 5.41) is 10.2. The summed E-state index contributed by atoms with van der Waals surface area (Å²) in [5.41, 5.74) is 1.85. The first kappa shape index (κ1) is 12.1. The Bertz CT molecular complexity index is 278. The van der Waals surface area contributed by atoms with Gasteiger partial charge in [-0.2, -0.15) is 0 Å². The average molecular weight is 239 g/mol. The zero-order valence-corrected chi connectivity index (χ0v) is 10.6. The molecule has 3 heteroatoms. The van der Waals surface area contributed by atoms with E-state index < -0.39 is 0 Å². The molecule has 0 aromatic carbocycles. The summed E-state index contributed by atoms with van der Waals surface area (Å²) in [6, 6.07) is 0. The summed E-state index contributed by atoms with van der Waals surface area (Å²) in [6.07, 6.45) is 11.6. The van der Waals surface area contributed by atoms with E-state index in [9.17, 15) is 5.11 Å². The van der Waals surface area contributed by atoms with Crippen molar-refractivity contribution in [2.75, 3.05) is 0 Å². The van der Waals surface area contributed by atoms with E-state index in [0.717, 1.165) is 6.42 Å². The zero-order chi connectivity index (χ0) is 11.2. The van der Waals surface area contributed by atoms with Gasteiger partial charge in [0.1, 0.15) is 0 Å². The topological polar surface area (TPSA) is 33.1 Å². The lowest BCUT2D eigenvalue weighted by atomic mass is 9.86. The Balaban J connectivity index is 1.84. The Kier molecular flexibility index (Phi) is 4.79. The molecule has 1 heterocycles. The van der Waals surface area contributed by atoms with Crippen LogP contribution in [0.5, 0.6) is 0 Å². The van der Waals surface area contributed by atoms with Crippen LogP contribution in [0.25, 0.3) is 0 Å². The summed E-state index contributed by atoms with van der Waals surface area (Å²) < 4.78 is 0. The molecule has 1 unspecified atom stereocenters. The van der Waals surface area contributed by atoms with Crippen LogP contribution in [0.1, 0.15) is 49.8 Å². The third kappa shape index (κ3) is 3.56. The van der Waals surface area contributed by atoms with Gasteiger partial charge in [-0.25, -0.2) is 0 Å². The minimum atomic E-state index is -0.154. The highest BCUT2D eigenvalue weighted by molar-refractivity contribution is 7.09. The van der Waals surface area contributed by atoms with Gasteiger partial charge in [-0.1, -0.05) is 32.1 Å². The van der Waals surface area contributed by atoms with Crippen molar-refractivity contribution in [1.29, 1.82) is 0 Å². The monoisotopic (exact) mass is 239 g/mol. The third-order valence-electron chi connectivity index (χ3n) is 3.59. The number of aliphatic hydroxyl groups excluding tert-OH is 1. The maximum absolute atomic E-state index is 10.2. The minimum absolute atomic E-state index is 0.154. The lowest BCUT2D eigenvalue weighted by Gasteiger charge is -2.24. The first-order chi connectivity index (χ1) is 7.86. The molecule has 1 aliphatic carbocycles. The van der Waals surface area contributed by atoms with Crippen LogP contribution >= 0.6 is 11.3 Å². The third-order valence-corrected chi connectivity index (χ3v) is 4.39. The number of nitrogens with zero attached hydrogens (tertiary/aromatic N) is 1. The zero-order valence-electron chi connectivity index (χ0n) is 9.77. The van der Waals surface area contributed by atoms with Crippen molar-refractivity contribution >= 4 is 11.3 Å². The molecule has 2 rings (SSSR count). The molecule has 1 atom stereocenters. The van der Waals surface area contributed by atoms with E-state index >= 15 is 0 Å². The summed E-state index contributed by atoms with van der Waals surface area (Å²) in [7, 11) is 0. The molecule has 90 valence electrons. The number of aliphatic hydroxyl groups is 1. The quantitative estimate of drug-likeness (QED) is 0.877. The van der Waals surface area contributed by atoms with Gasteiger partial charge in [0.25, 0.3) is 0 Å². The van der Waals surface area contributed by atoms with Gasteiger partial charge in [0.15, 0.2) is 0 Å². The van der Waals surface area contributed by atoms with Crippen molar-refractivity contribution in [3.63, 3.8) is 0 Å². The van der Waals surface area contributed by atoms with Crippen LogP contribution in [0, 0.1) is 5.92 Å². The van der Waals surface area contributed by atoms with Gasteiger partial charge in [-0.3, -0.25) is 4.98 Å². The first-order valence-electron chi connectivity index (χ1n) is 6.41. The highest BCUT2D eigenvalue weighted by Gasteiger charge is 2.20. The van der Waals surface area contributed by atoms with Crippen LogP contribution in [0.4, 0.5) is 0 Å². The highest BCUT2D eigenvalue weighted by atomic mass is 32.1. The molecule has 1 aromatic heterocycles. The van der Waals surface area contributed by atoms with E-state index in [2.05, 4.69) is 4.98 Å². The van der Waals surface area contributed by atoms with Crippen molar-refractivity contribution < 1.29 is 5.11 Å². The normalized spacial score (nSPS) is 21.3. The van der Waals surface area contributed by atoms with E-state index in [4.69, 9.17) is 0 Å². The first-order valence-corrected chi connectivity index (χ1v) is 7.29. The Morgan fingerprint density at radius 2 is 1.94 bits per heavy atom. The lowest BCUT2D eigenvalue weighted by molar-refractivity contribution is 0.0920. The molecule has 0 radical (unpaired) electrons. The van der Waals surface area contributed by atoms with Crippen molar-refractivity contribution in [1.82, 2.24) is 4.98 Å². The van der Waals surface area contributed by atoms with Gasteiger partial charge >= 0.3 is 0 Å². The summed E-state index contributed by atoms with van der Waals surface area (Å²) >= 11 is 1.65. The molecule has 2 nitrogen and oxygen atoms in total. The van der Waals surface area contributed by atoms with Crippen LogP contribution in [0.15, 0.2) is 11.7 Å². The Hall–Kier alpha value is -0.410. The molecular formula is C13H21NOS. The molecule has 16 heavy (non-hydrogen) atoms. The van der Waals surface area contributed by atoms with Crippen LogP contribution in [-0.2, 0) is 6.42 Å². The SMILES string of the molecule is OC(Cc1cncs1)C1CCCCCCC1. The molecule has 1 saturated carbocycles. The Morgan fingerprint density at radius 1 is 1.25 bits per heavy atom. The van der Waals surface area contributed by atoms with Gasteiger partial charge in [0.05, 0.1) is 11.6 Å².